The van der Waals surface area contributed by atoms with Gasteiger partial charge in [-0.2, -0.15) is 0 Å². The van der Waals surface area contributed by atoms with Gasteiger partial charge in [0.15, 0.2) is 0 Å². The minimum atomic E-state index is -4.77. The molecule has 1 N–H and O–H groups in total. The van der Waals surface area contributed by atoms with E-state index >= 15 is 0 Å². The zero-order chi connectivity index (χ0) is 14.8. The molecule has 0 amide bonds. The highest BCUT2D eigenvalue weighted by Gasteiger charge is 2.25. The summed E-state index contributed by atoms with van der Waals surface area (Å²) in [5.74, 6) is 0. The van der Waals surface area contributed by atoms with E-state index in [1.807, 2.05) is 53.2 Å². The van der Waals surface area contributed by atoms with Crippen LogP contribution in [0.1, 0.15) is 22.8 Å². The number of quaternary nitrogens is 1. The fourth-order valence-electron chi connectivity index (χ4n) is 1.95. The van der Waals surface area contributed by atoms with E-state index in [0.29, 0.717) is 11.0 Å². The lowest BCUT2D eigenvalue weighted by molar-refractivity contribution is -0.874. The molecule has 6 heteroatoms. The fourth-order valence-corrected chi connectivity index (χ4v) is 2.46. The minimum Gasteiger partial charge on any atom is -0.756 e. The first kappa shape index (κ1) is 16.3. The molecular formula is C13H22NO4P. The van der Waals surface area contributed by atoms with Crippen LogP contribution in [0.25, 0.3) is 0 Å². The van der Waals surface area contributed by atoms with Gasteiger partial charge in [0.05, 0.1) is 21.1 Å². The molecule has 0 saturated carbocycles. The minimum absolute atomic E-state index is 0.442. The standard InChI is InChI=1S/C13H22NO4P/c1-10-6-7-11(2)12(8-10)13(9-14(3,4)5)18-19(15,16)17/h6-8,13H,9H2,1-5H3,(H-,15,16,17). The SMILES string of the molecule is Cc1ccc(C)c(C(C[N+](C)(C)C)OP(=O)([O-])O)c1. The molecule has 1 aromatic carbocycles. The van der Waals surface area contributed by atoms with E-state index in [0.717, 1.165) is 16.7 Å². The molecule has 108 valence electrons. The highest BCUT2D eigenvalue weighted by Crippen LogP contribution is 2.40. The van der Waals surface area contributed by atoms with Crippen molar-refractivity contribution in [2.45, 2.75) is 20.0 Å². The van der Waals surface area contributed by atoms with Crippen LogP contribution in [0.4, 0.5) is 0 Å². The first-order chi connectivity index (χ1) is 8.48. The molecule has 0 saturated heterocycles. The Bertz CT molecular complexity index is 490. The maximum absolute atomic E-state index is 11.1. The van der Waals surface area contributed by atoms with Gasteiger partial charge in [0, 0.05) is 0 Å². The smallest absolute Gasteiger partial charge is 0.266 e. The van der Waals surface area contributed by atoms with Crippen molar-refractivity contribution in [3.8, 4) is 0 Å². The highest BCUT2D eigenvalue weighted by molar-refractivity contribution is 7.44. The molecule has 19 heavy (non-hydrogen) atoms. The summed E-state index contributed by atoms with van der Waals surface area (Å²) < 4.78 is 16.5. The first-order valence-electron chi connectivity index (χ1n) is 6.08. The van der Waals surface area contributed by atoms with E-state index < -0.39 is 13.9 Å². The number of aryl methyl sites for hydroxylation is 2. The van der Waals surface area contributed by atoms with E-state index in [1.54, 1.807) is 0 Å². The second kappa shape index (κ2) is 5.73. The normalized spacial score (nSPS) is 17.0. The Labute approximate surface area is 114 Å². The molecule has 1 aromatic rings. The van der Waals surface area contributed by atoms with Gasteiger partial charge in [-0.15, -0.1) is 0 Å². The molecule has 2 atom stereocenters. The summed E-state index contributed by atoms with van der Waals surface area (Å²) >= 11 is 0. The van der Waals surface area contributed by atoms with Crippen LogP contribution in [-0.4, -0.2) is 37.1 Å². The second-order valence-corrected chi connectivity index (χ2v) is 7.04. The summed E-state index contributed by atoms with van der Waals surface area (Å²) in [7, 11) is 1.05. The Morgan fingerprint density at radius 2 is 1.95 bits per heavy atom. The van der Waals surface area contributed by atoms with Gasteiger partial charge in [0.25, 0.3) is 7.82 Å². The average Bonchev–Trinajstić information content (AvgIpc) is 2.16. The molecule has 0 aliphatic heterocycles. The molecule has 5 nitrogen and oxygen atoms in total. The Hall–Kier alpha value is -0.710. The van der Waals surface area contributed by atoms with E-state index in [1.165, 1.54) is 0 Å². The predicted molar refractivity (Wildman–Crippen MR) is 72.5 cm³/mol. The van der Waals surface area contributed by atoms with Crippen LogP contribution in [0.5, 0.6) is 0 Å². The van der Waals surface area contributed by atoms with Gasteiger partial charge in [-0.05, 0) is 25.0 Å². The number of hydrogen-bond acceptors (Lipinski definition) is 3. The lowest BCUT2D eigenvalue weighted by Gasteiger charge is -2.32. The van der Waals surface area contributed by atoms with E-state index in [4.69, 9.17) is 9.42 Å². The monoisotopic (exact) mass is 287 g/mol. The van der Waals surface area contributed by atoms with Crippen LogP contribution in [0, 0.1) is 13.8 Å². The third-order valence-corrected chi connectivity index (χ3v) is 3.28. The van der Waals surface area contributed by atoms with E-state index in [2.05, 4.69) is 0 Å². The molecule has 0 fully saturated rings. The van der Waals surface area contributed by atoms with Crippen LogP contribution in [0.3, 0.4) is 0 Å². The van der Waals surface area contributed by atoms with Crippen molar-refractivity contribution < 1.29 is 23.4 Å². The van der Waals surface area contributed by atoms with Crippen LogP contribution in [-0.2, 0) is 9.09 Å². The van der Waals surface area contributed by atoms with Crippen LogP contribution >= 0.6 is 7.82 Å². The molecule has 0 aliphatic rings. The number of likely N-dealkylation sites (N-methyl/N-ethyl adjacent to an activating group) is 1. The predicted octanol–water partition coefficient (Wildman–Crippen LogP) is 1.53. The molecule has 0 bridgehead atoms. The van der Waals surface area contributed by atoms with Crippen molar-refractivity contribution in [3.05, 3.63) is 34.9 Å². The summed E-state index contributed by atoms with van der Waals surface area (Å²) in [5.41, 5.74) is 2.75. The molecule has 0 radical (unpaired) electrons. The van der Waals surface area contributed by atoms with Crippen molar-refractivity contribution >= 4 is 7.82 Å². The quantitative estimate of drug-likeness (QED) is 0.658. The van der Waals surface area contributed by atoms with Crippen LogP contribution < -0.4 is 4.89 Å². The average molecular weight is 287 g/mol. The van der Waals surface area contributed by atoms with E-state index in [9.17, 15) is 9.46 Å². The topological polar surface area (TPSA) is 69.6 Å². The van der Waals surface area contributed by atoms with Crippen molar-refractivity contribution in [2.24, 2.45) is 0 Å². The Morgan fingerprint density at radius 3 is 2.42 bits per heavy atom. The molecule has 0 spiro atoms. The van der Waals surface area contributed by atoms with Gasteiger partial charge in [0.2, 0.25) is 0 Å². The molecule has 1 rings (SSSR count). The van der Waals surface area contributed by atoms with Crippen LogP contribution in [0.15, 0.2) is 18.2 Å². The Balaban J connectivity index is 3.15. The zero-order valence-corrected chi connectivity index (χ0v) is 13.0. The lowest BCUT2D eigenvalue weighted by Crippen LogP contribution is -2.39. The lowest BCUT2D eigenvalue weighted by atomic mass is 10.0. The van der Waals surface area contributed by atoms with E-state index in [-0.39, 0.29) is 0 Å². The number of phosphoric acid groups is 1. The van der Waals surface area contributed by atoms with Gasteiger partial charge in [-0.25, -0.2) is 0 Å². The molecule has 0 aliphatic carbocycles. The van der Waals surface area contributed by atoms with Gasteiger partial charge in [-0.3, -0.25) is 4.57 Å². The number of rotatable bonds is 5. The molecular weight excluding hydrogens is 265 g/mol. The van der Waals surface area contributed by atoms with Gasteiger partial charge in [0.1, 0.15) is 12.6 Å². The fraction of sp³-hybridized carbons (Fsp3) is 0.538. The molecule has 0 heterocycles. The van der Waals surface area contributed by atoms with Crippen molar-refractivity contribution in [1.29, 1.82) is 0 Å². The van der Waals surface area contributed by atoms with Crippen molar-refractivity contribution in [3.63, 3.8) is 0 Å². The second-order valence-electron chi connectivity index (χ2n) is 5.90. The first-order valence-corrected chi connectivity index (χ1v) is 7.57. The Kier molecular flexibility index (Phi) is 4.93. The summed E-state index contributed by atoms with van der Waals surface area (Å²) in [6.07, 6.45) is -0.687. The number of phosphoric ester groups is 1. The largest absolute Gasteiger partial charge is 0.756 e. The van der Waals surface area contributed by atoms with Crippen molar-refractivity contribution in [2.75, 3.05) is 27.7 Å². The summed E-state index contributed by atoms with van der Waals surface area (Å²) in [4.78, 5) is 20.0. The van der Waals surface area contributed by atoms with Gasteiger partial charge < -0.3 is 18.8 Å². The third kappa shape index (κ3) is 5.85. The zero-order valence-electron chi connectivity index (χ0n) is 12.1. The highest BCUT2D eigenvalue weighted by atomic mass is 31.2. The maximum Gasteiger partial charge on any atom is 0.266 e. The van der Waals surface area contributed by atoms with Gasteiger partial charge in [-0.1, -0.05) is 23.8 Å². The number of nitrogens with zero attached hydrogens (tertiary/aromatic N) is 1. The molecule has 2 unspecified atom stereocenters. The summed E-state index contributed by atoms with van der Waals surface area (Å²) in [6, 6.07) is 5.77. The molecule has 0 aromatic heterocycles. The van der Waals surface area contributed by atoms with Crippen LogP contribution in [0.2, 0.25) is 0 Å². The number of hydrogen-bond donors (Lipinski definition) is 1. The third-order valence-electron chi connectivity index (χ3n) is 2.76. The summed E-state index contributed by atoms with van der Waals surface area (Å²) in [5, 5.41) is 0. The number of benzene rings is 1. The van der Waals surface area contributed by atoms with Crippen molar-refractivity contribution in [1.82, 2.24) is 0 Å². The summed E-state index contributed by atoms with van der Waals surface area (Å²) in [6.45, 7) is 4.27. The maximum atomic E-state index is 11.1. The Morgan fingerprint density at radius 1 is 1.37 bits per heavy atom. The van der Waals surface area contributed by atoms with Gasteiger partial charge >= 0.3 is 0 Å².